The van der Waals surface area contributed by atoms with E-state index in [1.807, 2.05) is 30.3 Å². The summed E-state index contributed by atoms with van der Waals surface area (Å²) >= 11 is 5.72. The minimum absolute atomic E-state index is 0.255. The van der Waals surface area contributed by atoms with Crippen molar-refractivity contribution in [3.05, 3.63) is 70.5 Å². The predicted octanol–water partition coefficient (Wildman–Crippen LogP) is 4.02. The van der Waals surface area contributed by atoms with Gasteiger partial charge in [0, 0.05) is 17.9 Å². The molecule has 2 rings (SSSR count). The molecule has 0 saturated carbocycles. The van der Waals surface area contributed by atoms with Crippen molar-refractivity contribution in [1.82, 2.24) is 0 Å². The largest absolute Gasteiger partial charge is 0.389 e. The zero-order valence-corrected chi connectivity index (χ0v) is 11.5. The van der Waals surface area contributed by atoms with E-state index in [2.05, 4.69) is 0 Å². The Morgan fingerprint density at radius 2 is 1.79 bits per heavy atom. The lowest BCUT2D eigenvalue weighted by Crippen LogP contribution is -2.30. The first-order chi connectivity index (χ1) is 8.96. The molecule has 0 heterocycles. The molecule has 0 bridgehead atoms. The molecule has 1 N–H and O–H groups in total. The van der Waals surface area contributed by atoms with Gasteiger partial charge in [0.1, 0.15) is 5.82 Å². The topological polar surface area (TPSA) is 20.2 Å². The van der Waals surface area contributed by atoms with E-state index in [0.717, 1.165) is 5.56 Å². The number of rotatable bonds is 4. The van der Waals surface area contributed by atoms with Crippen molar-refractivity contribution in [1.29, 1.82) is 0 Å². The zero-order valence-electron chi connectivity index (χ0n) is 10.7. The Bertz CT molecular complexity index is 552. The van der Waals surface area contributed by atoms with E-state index in [9.17, 15) is 9.50 Å². The first kappa shape index (κ1) is 14.0. The fourth-order valence-corrected chi connectivity index (χ4v) is 2.33. The van der Waals surface area contributed by atoms with Crippen LogP contribution in [0.15, 0.2) is 48.5 Å². The van der Waals surface area contributed by atoms with Crippen LogP contribution in [-0.4, -0.2) is 10.7 Å². The summed E-state index contributed by atoms with van der Waals surface area (Å²) in [5, 5.41) is 10.8. The average Bonchev–Trinajstić information content (AvgIpc) is 2.33. The maximum atomic E-state index is 13.7. The summed E-state index contributed by atoms with van der Waals surface area (Å²) in [5.74, 6) is -0.374. The third-order valence-corrected chi connectivity index (χ3v) is 3.25. The maximum Gasteiger partial charge on any atom is 0.127 e. The van der Waals surface area contributed by atoms with Crippen LogP contribution < -0.4 is 0 Å². The smallest absolute Gasteiger partial charge is 0.127 e. The van der Waals surface area contributed by atoms with Crippen molar-refractivity contribution in [2.45, 2.75) is 25.4 Å². The molecule has 0 aliphatic carbocycles. The molecule has 0 aromatic heterocycles. The summed E-state index contributed by atoms with van der Waals surface area (Å²) in [7, 11) is 0. The Balaban J connectivity index is 2.12. The number of halogens is 2. The summed E-state index contributed by atoms with van der Waals surface area (Å²) in [5.41, 5.74) is 0.517. The lowest BCUT2D eigenvalue weighted by molar-refractivity contribution is 0.0599. The van der Waals surface area contributed by atoms with Crippen molar-refractivity contribution in [3.8, 4) is 0 Å². The average molecular weight is 279 g/mol. The van der Waals surface area contributed by atoms with E-state index in [0.29, 0.717) is 17.0 Å². The molecule has 1 atom stereocenters. The van der Waals surface area contributed by atoms with Gasteiger partial charge in [-0.15, -0.1) is 0 Å². The molecule has 0 radical (unpaired) electrons. The van der Waals surface area contributed by atoms with Crippen LogP contribution in [0.3, 0.4) is 0 Å². The van der Waals surface area contributed by atoms with E-state index in [1.165, 1.54) is 6.07 Å². The Labute approximate surface area is 117 Å². The summed E-state index contributed by atoms with van der Waals surface area (Å²) in [6, 6.07) is 14.2. The van der Waals surface area contributed by atoms with E-state index in [4.69, 9.17) is 11.6 Å². The Morgan fingerprint density at radius 3 is 2.42 bits per heavy atom. The van der Waals surface area contributed by atoms with Gasteiger partial charge in [-0.1, -0.05) is 48.0 Å². The zero-order chi connectivity index (χ0) is 13.9. The van der Waals surface area contributed by atoms with Crippen LogP contribution in [0.2, 0.25) is 5.02 Å². The molecule has 0 aliphatic heterocycles. The summed E-state index contributed by atoms with van der Waals surface area (Å²) < 4.78 is 13.7. The van der Waals surface area contributed by atoms with Crippen LogP contribution in [0, 0.1) is 5.82 Å². The number of hydrogen-bond donors (Lipinski definition) is 1. The molecule has 0 amide bonds. The van der Waals surface area contributed by atoms with Gasteiger partial charge in [0.2, 0.25) is 0 Å². The van der Waals surface area contributed by atoms with Crippen molar-refractivity contribution in [3.63, 3.8) is 0 Å². The lowest BCUT2D eigenvalue weighted by atomic mass is 9.90. The summed E-state index contributed by atoms with van der Waals surface area (Å²) in [6.07, 6.45) is 0.737. The van der Waals surface area contributed by atoms with Gasteiger partial charge in [0.15, 0.2) is 0 Å². The van der Waals surface area contributed by atoms with Gasteiger partial charge in [-0.05, 0) is 30.2 Å². The highest BCUT2D eigenvalue weighted by atomic mass is 35.5. The van der Waals surface area contributed by atoms with E-state index in [-0.39, 0.29) is 12.2 Å². The van der Waals surface area contributed by atoms with Crippen molar-refractivity contribution >= 4 is 11.6 Å². The molecule has 0 aliphatic rings. The van der Waals surface area contributed by atoms with Crippen LogP contribution in [0.4, 0.5) is 4.39 Å². The summed E-state index contributed by atoms with van der Waals surface area (Å²) in [4.78, 5) is 0. The quantitative estimate of drug-likeness (QED) is 0.896. The fourth-order valence-electron chi connectivity index (χ4n) is 2.17. The molecular weight excluding hydrogens is 263 g/mol. The maximum absolute atomic E-state index is 13.7. The monoisotopic (exact) mass is 278 g/mol. The Morgan fingerprint density at radius 1 is 1.11 bits per heavy atom. The third kappa shape index (κ3) is 4.05. The normalized spacial score (nSPS) is 14.1. The first-order valence-electron chi connectivity index (χ1n) is 6.16. The highest BCUT2D eigenvalue weighted by Crippen LogP contribution is 2.22. The molecule has 0 spiro atoms. The van der Waals surface area contributed by atoms with Crippen LogP contribution in [0.5, 0.6) is 0 Å². The van der Waals surface area contributed by atoms with Crippen LogP contribution in [0.25, 0.3) is 0 Å². The van der Waals surface area contributed by atoms with E-state index >= 15 is 0 Å². The standard InChI is InChI=1S/C16H16ClFO/c1-16(19,10-12-5-3-2-4-6-12)11-13-7-8-14(17)9-15(13)18/h2-9,19H,10-11H2,1H3. The first-order valence-corrected chi connectivity index (χ1v) is 6.54. The number of hydrogen-bond acceptors (Lipinski definition) is 1. The second-order valence-corrected chi connectivity index (χ2v) is 5.51. The molecule has 3 heteroatoms. The Kier molecular flexibility index (Phi) is 4.23. The second kappa shape index (κ2) is 5.72. The van der Waals surface area contributed by atoms with Gasteiger partial charge in [-0.3, -0.25) is 0 Å². The molecule has 2 aromatic carbocycles. The minimum Gasteiger partial charge on any atom is -0.389 e. The molecule has 19 heavy (non-hydrogen) atoms. The third-order valence-electron chi connectivity index (χ3n) is 3.01. The minimum atomic E-state index is -0.990. The fraction of sp³-hybridized carbons (Fsp3) is 0.250. The number of aliphatic hydroxyl groups is 1. The van der Waals surface area contributed by atoms with Crippen LogP contribution in [-0.2, 0) is 12.8 Å². The molecule has 0 saturated heterocycles. The summed E-state index contributed by atoms with van der Waals surface area (Å²) in [6.45, 7) is 1.72. The van der Waals surface area contributed by atoms with Gasteiger partial charge in [-0.25, -0.2) is 4.39 Å². The van der Waals surface area contributed by atoms with Gasteiger partial charge in [0.25, 0.3) is 0 Å². The second-order valence-electron chi connectivity index (χ2n) is 5.07. The van der Waals surface area contributed by atoms with Crippen molar-refractivity contribution in [2.75, 3.05) is 0 Å². The molecule has 100 valence electrons. The highest BCUT2D eigenvalue weighted by Gasteiger charge is 2.23. The van der Waals surface area contributed by atoms with E-state index in [1.54, 1.807) is 19.1 Å². The van der Waals surface area contributed by atoms with Crippen molar-refractivity contribution in [2.24, 2.45) is 0 Å². The van der Waals surface area contributed by atoms with Crippen molar-refractivity contribution < 1.29 is 9.50 Å². The SMILES string of the molecule is CC(O)(Cc1ccccc1)Cc1ccc(Cl)cc1F. The number of benzene rings is 2. The Hall–Kier alpha value is -1.38. The van der Waals surface area contributed by atoms with Gasteiger partial charge in [0.05, 0.1) is 5.60 Å². The molecule has 2 aromatic rings. The van der Waals surface area contributed by atoms with Crippen LogP contribution in [0.1, 0.15) is 18.1 Å². The highest BCUT2D eigenvalue weighted by molar-refractivity contribution is 6.30. The molecular formula is C16H16ClFO. The predicted molar refractivity (Wildman–Crippen MR) is 75.9 cm³/mol. The molecule has 1 nitrogen and oxygen atoms in total. The lowest BCUT2D eigenvalue weighted by Gasteiger charge is -2.24. The van der Waals surface area contributed by atoms with Gasteiger partial charge >= 0.3 is 0 Å². The van der Waals surface area contributed by atoms with Gasteiger partial charge in [-0.2, -0.15) is 0 Å². The van der Waals surface area contributed by atoms with Crippen LogP contribution >= 0.6 is 11.6 Å². The van der Waals surface area contributed by atoms with Gasteiger partial charge < -0.3 is 5.11 Å². The molecule has 1 unspecified atom stereocenters. The van der Waals surface area contributed by atoms with E-state index < -0.39 is 5.60 Å². The molecule has 0 fully saturated rings.